The lowest BCUT2D eigenvalue weighted by atomic mass is 9.95. The highest BCUT2D eigenvalue weighted by Crippen LogP contribution is 2.28. The van der Waals surface area contributed by atoms with Crippen molar-refractivity contribution < 1.29 is 4.79 Å². The minimum atomic E-state index is 0.226. The van der Waals surface area contributed by atoms with Crippen molar-refractivity contribution in [3.63, 3.8) is 0 Å². The summed E-state index contributed by atoms with van der Waals surface area (Å²) in [6, 6.07) is 4.07. The maximum Gasteiger partial charge on any atom is 0.222 e. The third kappa shape index (κ3) is 4.39. The van der Waals surface area contributed by atoms with Gasteiger partial charge in [-0.25, -0.2) is 4.98 Å². The molecule has 4 rings (SSSR count). The topological polar surface area (TPSA) is 79.7 Å². The number of carbonyl (C=O) groups is 1. The fourth-order valence-corrected chi connectivity index (χ4v) is 4.05. The summed E-state index contributed by atoms with van der Waals surface area (Å²) in [7, 11) is 0. The Kier molecular flexibility index (Phi) is 5.74. The van der Waals surface area contributed by atoms with Crippen LogP contribution in [0.3, 0.4) is 0 Å². The zero-order chi connectivity index (χ0) is 20.2. The van der Waals surface area contributed by atoms with E-state index in [9.17, 15) is 4.79 Å². The van der Waals surface area contributed by atoms with E-state index in [0.29, 0.717) is 18.8 Å². The van der Waals surface area contributed by atoms with Gasteiger partial charge in [0.2, 0.25) is 5.91 Å². The lowest BCUT2D eigenvalue weighted by Crippen LogP contribution is -2.38. The van der Waals surface area contributed by atoms with Crippen molar-refractivity contribution in [1.82, 2.24) is 29.6 Å². The van der Waals surface area contributed by atoms with Crippen LogP contribution in [0.15, 0.2) is 36.9 Å². The molecule has 1 amide bonds. The minimum Gasteiger partial charge on any atom is -0.343 e. The van der Waals surface area contributed by atoms with Crippen LogP contribution < -0.4 is 0 Å². The second-order valence-electron chi connectivity index (χ2n) is 7.84. The summed E-state index contributed by atoms with van der Waals surface area (Å²) < 4.78 is 2.22. The number of carbonyl (C=O) groups excluding carboxylic acids is 1. The molecule has 0 radical (unpaired) electrons. The summed E-state index contributed by atoms with van der Waals surface area (Å²) in [5.74, 6) is 1.74. The fourth-order valence-electron chi connectivity index (χ4n) is 4.05. The standard InChI is InChI=1S/C22H28N6O/c1-16-17(2)25-26-20(16)3-4-21(29)27-12-7-19(8-13-27)22-24-11-14-28(22)15-18-5-9-23-10-6-18/h5-6,9-11,14,19H,3-4,7-8,12-13,15H2,1-2H3,(H,25,26). The summed E-state index contributed by atoms with van der Waals surface area (Å²) in [5.41, 5.74) is 4.47. The molecule has 7 heteroatoms. The van der Waals surface area contributed by atoms with Crippen LogP contribution in [0.5, 0.6) is 0 Å². The van der Waals surface area contributed by atoms with Gasteiger partial charge in [0.1, 0.15) is 5.82 Å². The quantitative estimate of drug-likeness (QED) is 0.699. The van der Waals surface area contributed by atoms with Crippen molar-refractivity contribution >= 4 is 5.91 Å². The Labute approximate surface area is 171 Å². The molecule has 4 heterocycles. The van der Waals surface area contributed by atoms with E-state index in [1.165, 1.54) is 5.56 Å². The van der Waals surface area contributed by atoms with Crippen molar-refractivity contribution in [3.05, 3.63) is 65.3 Å². The Morgan fingerprint density at radius 3 is 2.62 bits per heavy atom. The number of piperidine rings is 1. The number of aryl methyl sites for hydroxylation is 2. The number of nitrogens with one attached hydrogen (secondary N) is 1. The number of likely N-dealkylation sites (tertiary alicyclic amines) is 1. The van der Waals surface area contributed by atoms with Gasteiger partial charge in [0, 0.05) is 68.9 Å². The van der Waals surface area contributed by atoms with Crippen molar-refractivity contribution in [2.24, 2.45) is 0 Å². The number of hydrogen-bond acceptors (Lipinski definition) is 4. The Bertz CT molecular complexity index is 953. The van der Waals surface area contributed by atoms with Crippen LogP contribution in [-0.2, 0) is 17.8 Å². The maximum atomic E-state index is 12.7. The maximum absolute atomic E-state index is 12.7. The first-order valence-electron chi connectivity index (χ1n) is 10.3. The molecule has 1 N–H and O–H groups in total. The van der Waals surface area contributed by atoms with E-state index in [1.807, 2.05) is 48.7 Å². The van der Waals surface area contributed by atoms with E-state index >= 15 is 0 Å². The summed E-state index contributed by atoms with van der Waals surface area (Å²) in [6.45, 7) is 6.46. The molecule has 3 aromatic heterocycles. The van der Waals surface area contributed by atoms with Crippen LogP contribution in [0.4, 0.5) is 0 Å². The second kappa shape index (κ2) is 8.59. The molecule has 29 heavy (non-hydrogen) atoms. The summed E-state index contributed by atoms with van der Waals surface area (Å²) >= 11 is 0. The van der Waals surface area contributed by atoms with Gasteiger partial charge in [-0.05, 0) is 49.9 Å². The molecule has 1 saturated heterocycles. The molecule has 0 saturated carbocycles. The summed E-state index contributed by atoms with van der Waals surface area (Å²) in [5, 5.41) is 7.31. The third-order valence-corrected chi connectivity index (χ3v) is 5.99. The highest BCUT2D eigenvalue weighted by atomic mass is 16.2. The molecule has 0 spiro atoms. The number of imidazole rings is 1. The van der Waals surface area contributed by atoms with Gasteiger partial charge in [-0.2, -0.15) is 5.10 Å². The average Bonchev–Trinajstić information content (AvgIpc) is 3.34. The van der Waals surface area contributed by atoms with Crippen LogP contribution in [0, 0.1) is 13.8 Å². The molecule has 152 valence electrons. The molecular formula is C22H28N6O. The number of aromatic nitrogens is 5. The smallest absolute Gasteiger partial charge is 0.222 e. The first kappa shape index (κ1) is 19.4. The van der Waals surface area contributed by atoms with Gasteiger partial charge in [0.15, 0.2) is 0 Å². The van der Waals surface area contributed by atoms with Gasteiger partial charge in [-0.15, -0.1) is 0 Å². The number of amides is 1. The lowest BCUT2D eigenvalue weighted by molar-refractivity contribution is -0.132. The molecule has 1 aliphatic heterocycles. The Morgan fingerprint density at radius 2 is 1.93 bits per heavy atom. The normalized spacial score (nSPS) is 15.0. The van der Waals surface area contributed by atoms with Gasteiger partial charge < -0.3 is 9.47 Å². The Morgan fingerprint density at radius 1 is 1.17 bits per heavy atom. The second-order valence-corrected chi connectivity index (χ2v) is 7.84. The molecule has 7 nitrogen and oxygen atoms in total. The highest BCUT2D eigenvalue weighted by molar-refractivity contribution is 5.76. The first-order chi connectivity index (χ1) is 14.1. The van der Waals surface area contributed by atoms with Crippen LogP contribution in [-0.4, -0.2) is 48.6 Å². The van der Waals surface area contributed by atoms with Crippen molar-refractivity contribution in [2.75, 3.05) is 13.1 Å². The number of hydrogen-bond donors (Lipinski definition) is 1. The van der Waals surface area contributed by atoms with E-state index in [-0.39, 0.29) is 5.91 Å². The molecule has 0 unspecified atom stereocenters. The minimum absolute atomic E-state index is 0.226. The largest absolute Gasteiger partial charge is 0.343 e. The van der Waals surface area contributed by atoms with Gasteiger partial charge in [0.05, 0.1) is 5.69 Å². The van der Waals surface area contributed by atoms with E-state index in [1.54, 1.807) is 0 Å². The van der Waals surface area contributed by atoms with Crippen molar-refractivity contribution in [3.8, 4) is 0 Å². The predicted octanol–water partition coefficient (Wildman–Crippen LogP) is 3.01. The monoisotopic (exact) mass is 392 g/mol. The number of nitrogens with zero attached hydrogens (tertiary/aromatic N) is 5. The van der Waals surface area contributed by atoms with E-state index in [0.717, 1.165) is 55.3 Å². The van der Waals surface area contributed by atoms with E-state index in [4.69, 9.17) is 0 Å². The average molecular weight is 393 g/mol. The molecule has 0 aliphatic carbocycles. The number of H-pyrrole nitrogens is 1. The van der Waals surface area contributed by atoms with E-state index in [2.05, 4.69) is 31.7 Å². The van der Waals surface area contributed by atoms with Crippen molar-refractivity contribution in [1.29, 1.82) is 0 Å². The zero-order valence-electron chi connectivity index (χ0n) is 17.1. The molecule has 1 aliphatic rings. The van der Waals surface area contributed by atoms with Gasteiger partial charge in [-0.1, -0.05) is 0 Å². The molecule has 3 aromatic rings. The van der Waals surface area contributed by atoms with Crippen LogP contribution in [0.25, 0.3) is 0 Å². The Balaban J connectivity index is 1.31. The SMILES string of the molecule is Cc1[nH]nc(CCC(=O)N2CCC(c3nccn3Cc3ccncc3)CC2)c1C. The predicted molar refractivity (Wildman–Crippen MR) is 111 cm³/mol. The molecule has 0 atom stereocenters. The van der Waals surface area contributed by atoms with E-state index < -0.39 is 0 Å². The van der Waals surface area contributed by atoms with Gasteiger partial charge in [-0.3, -0.25) is 14.9 Å². The lowest BCUT2D eigenvalue weighted by Gasteiger charge is -2.32. The van der Waals surface area contributed by atoms with Crippen LogP contribution >= 0.6 is 0 Å². The summed E-state index contributed by atoms with van der Waals surface area (Å²) in [6.07, 6.45) is 10.7. The molecule has 1 fully saturated rings. The number of pyridine rings is 1. The Hall–Kier alpha value is -2.96. The molecule has 0 bridgehead atoms. The summed E-state index contributed by atoms with van der Waals surface area (Å²) in [4.78, 5) is 23.4. The molecule has 0 aromatic carbocycles. The van der Waals surface area contributed by atoms with Gasteiger partial charge >= 0.3 is 0 Å². The number of aromatic amines is 1. The molecular weight excluding hydrogens is 364 g/mol. The van der Waals surface area contributed by atoms with Crippen LogP contribution in [0.2, 0.25) is 0 Å². The third-order valence-electron chi connectivity index (χ3n) is 5.99. The highest BCUT2D eigenvalue weighted by Gasteiger charge is 2.26. The fraction of sp³-hybridized carbons (Fsp3) is 0.455. The zero-order valence-corrected chi connectivity index (χ0v) is 17.1. The van der Waals surface area contributed by atoms with Gasteiger partial charge in [0.25, 0.3) is 0 Å². The first-order valence-corrected chi connectivity index (χ1v) is 10.3. The number of rotatable bonds is 6. The van der Waals surface area contributed by atoms with Crippen LogP contribution in [0.1, 0.15) is 53.5 Å². The van der Waals surface area contributed by atoms with Crippen molar-refractivity contribution in [2.45, 2.75) is 52.0 Å².